The van der Waals surface area contributed by atoms with Gasteiger partial charge in [0, 0.05) is 25.6 Å². The fourth-order valence-corrected chi connectivity index (χ4v) is 3.69. The minimum Gasteiger partial charge on any atom is -0.484 e. The van der Waals surface area contributed by atoms with E-state index in [0.717, 1.165) is 11.3 Å². The van der Waals surface area contributed by atoms with Gasteiger partial charge in [-0.05, 0) is 24.1 Å². The summed E-state index contributed by atoms with van der Waals surface area (Å²) < 4.78 is 5.78. The van der Waals surface area contributed by atoms with Gasteiger partial charge < -0.3 is 19.6 Å². The van der Waals surface area contributed by atoms with E-state index in [9.17, 15) is 19.5 Å². The number of nitrogens with zero attached hydrogens (tertiary/aromatic N) is 2. The fraction of sp³-hybridized carbons (Fsp3) is 0.471. The molecule has 0 radical (unpaired) electrons. The molecule has 0 bridgehead atoms. The molecule has 3 aliphatic heterocycles. The van der Waals surface area contributed by atoms with Crippen LogP contribution >= 0.6 is 0 Å². The van der Waals surface area contributed by atoms with Crippen LogP contribution in [0.4, 0.5) is 5.69 Å². The van der Waals surface area contributed by atoms with Crippen LogP contribution in [0.1, 0.15) is 28.8 Å². The molecular formula is C17H19N3O5. The molecule has 1 fully saturated rings. The minimum absolute atomic E-state index is 0.0812. The van der Waals surface area contributed by atoms with E-state index in [2.05, 4.69) is 5.32 Å². The molecule has 0 aromatic heterocycles. The molecule has 3 heterocycles. The van der Waals surface area contributed by atoms with E-state index < -0.39 is 11.9 Å². The number of benzene rings is 1. The molecule has 8 heteroatoms. The predicted octanol–water partition coefficient (Wildman–Crippen LogP) is -0.363. The second-order valence-electron chi connectivity index (χ2n) is 6.68. The number of fused-ring (bicyclic) bond motifs is 2. The second kappa shape index (κ2) is 5.73. The Morgan fingerprint density at radius 3 is 2.84 bits per heavy atom. The number of amides is 3. The largest absolute Gasteiger partial charge is 0.484 e. The molecule has 1 saturated heterocycles. The average Bonchev–Trinajstić information content (AvgIpc) is 2.89. The van der Waals surface area contributed by atoms with Crippen LogP contribution in [0.2, 0.25) is 0 Å². The number of piperidine rings is 1. The van der Waals surface area contributed by atoms with Crippen molar-refractivity contribution >= 4 is 23.4 Å². The smallest absolute Gasteiger partial charge is 0.255 e. The van der Waals surface area contributed by atoms with Crippen LogP contribution in [0.15, 0.2) is 12.1 Å². The van der Waals surface area contributed by atoms with Gasteiger partial charge in [0.2, 0.25) is 11.8 Å². The maximum absolute atomic E-state index is 12.8. The minimum atomic E-state index is -0.626. The highest BCUT2D eigenvalue weighted by molar-refractivity contribution is 6.06. The topological polar surface area (TPSA) is 99.2 Å². The number of aliphatic hydroxyl groups excluding tert-OH is 1. The van der Waals surface area contributed by atoms with Crippen molar-refractivity contribution in [1.29, 1.82) is 0 Å². The number of aliphatic hydroxyl groups is 1. The lowest BCUT2D eigenvalue weighted by Gasteiger charge is -2.33. The van der Waals surface area contributed by atoms with E-state index in [1.54, 1.807) is 6.07 Å². The Bertz CT molecular complexity index is 778. The van der Waals surface area contributed by atoms with Gasteiger partial charge in [0.05, 0.1) is 18.8 Å². The maximum atomic E-state index is 12.8. The molecule has 1 aromatic carbocycles. The molecule has 25 heavy (non-hydrogen) atoms. The number of ether oxygens (including phenoxy) is 1. The summed E-state index contributed by atoms with van der Waals surface area (Å²) in [5.41, 5.74) is 2.14. The fourth-order valence-electron chi connectivity index (χ4n) is 3.69. The van der Waals surface area contributed by atoms with E-state index in [0.29, 0.717) is 30.8 Å². The first kappa shape index (κ1) is 15.9. The van der Waals surface area contributed by atoms with Crippen LogP contribution in [0.5, 0.6) is 5.75 Å². The first-order chi connectivity index (χ1) is 12.0. The zero-order valence-electron chi connectivity index (χ0n) is 13.8. The lowest BCUT2D eigenvalue weighted by atomic mass is 10.0. The summed E-state index contributed by atoms with van der Waals surface area (Å²) in [4.78, 5) is 39.7. The van der Waals surface area contributed by atoms with Crippen molar-refractivity contribution in [2.24, 2.45) is 0 Å². The van der Waals surface area contributed by atoms with E-state index in [1.165, 1.54) is 4.90 Å². The summed E-state index contributed by atoms with van der Waals surface area (Å²) in [6.07, 6.45) is 0.267. The van der Waals surface area contributed by atoms with Gasteiger partial charge in [-0.25, -0.2) is 0 Å². The Kier molecular flexibility index (Phi) is 3.64. The highest BCUT2D eigenvalue weighted by Crippen LogP contribution is 2.39. The molecule has 0 saturated carbocycles. The Balaban J connectivity index is 1.64. The molecular weight excluding hydrogens is 326 g/mol. The molecule has 0 aliphatic carbocycles. The van der Waals surface area contributed by atoms with Crippen molar-refractivity contribution in [3.8, 4) is 5.75 Å². The Labute approximate surface area is 144 Å². The third-order valence-electron chi connectivity index (χ3n) is 4.99. The van der Waals surface area contributed by atoms with Crippen LogP contribution < -0.4 is 15.0 Å². The molecule has 4 rings (SSSR count). The summed E-state index contributed by atoms with van der Waals surface area (Å²) in [7, 11) is 1.88. The van der Waals surface area contributed by atoms with Gasteiger partial charge in [-0.15, -0.1) is 0 Å². The van der Waals surface area contributed by atoms with Gasteiger partial charge in [-0.2, -0.15) is 0 Å². The number of rotatable bonds is 2. The number of imide groups is 1. The molecule has 8 nitrogen and oxygen atoms in total. The second-order valence-corrected chi connectivity index (χ2v) is 6.68. The normalized spacial score (nSPS) is 25.4. The number of carbonyl (C=O) groups is 3. The third kappa shape index (κ3) is 2.53. The number of likely N-dealkylation sites (N-methyl/N-ethyl adjacent to an activating group) is 1. The molecule has 1 aromatic rings. The van der Waals surface area contributed by atoms with Gasteiger partial charge in [-0.1, -0.05) is 0 Å². The van der Waals surface area contributed by atoms with Crippen LogP contribution in [0.25, 0.3) is 0 Å². The van der Waals surface area contributed by atoms with Crippen molar-refractivity contribution in [2.45, 2.75) is 31.5 Å². The lowest BCUT2D eigenvalue weighted by molar-refractivity contribution is -0.136. The van der Waals surface area contributed by atoms with Crippen LogP contribution in [-0.2, 0) is 16.1 Å². The molecule has 0 unspecified atom stereocenters. The van der Waals surface area contributed by atoms with Crippen molar-refractivity contribution in [1.82, 2.24) is 10.2 Å². The van der Waals surface area contributed by atoms with Crippen molar-refractivity contribution in [3.63, 3.8) is 0 Å². The van der Waals surface area contributed by atoms with E-state index in [4.69, 9.17) is 4.74 Å². The van der Waals surface area contributed by atoms with Gasteiger partial charge >= 0.3 is 0 Å². The Morgan fingerprint density at radius 1 is 1.32 bits per heavy atom. The predicted molar refractivity (Wildman–Crippen MR) is 87.3 cm³/mol. The van der Waals surface area contributed by atoms with Crippen molar-refractivity contribution < 1.29 is 24.2 Å². The standard InChI is InChI=1S/C17H19N3O5/c1-19-7-10(8-21)25-14-4-9-6-20(17(24)11(9)5-13(14)19)12-2-3-15(22)18-16(12)23/h4-5,10,12,21H,2-3,6-8H2,1H3,(H,18,22,23)/t10-,12+/m1/s1. The van der Waals surface area contributed by atoms with E-state index in [-0.39, 0.29) is 30.9 Å². The van der Waals surface area contributed by atoms with Crippen molar-refractivity contribution in [3.05, 3.63) is 23.3 Å². The van der Waals surface area contributed by atoms with Gasteiger partial charge in [0.1, 0.15) is 17.9 Å². The monoisotopic (exact) mass is 345 g/mol. The number of hydrogen-bond acceptors (Lipinski definition) is 6. The highest BCUT2D eigenvalue weighted by Gasteiger charge is 2.40. The summed E-state index contributed by atoms with van der Waals surface area (Å²) in [6, 6.07) is 2.97. The van der Waals surface area contributed by atoms with Gasteiger partial charge in [-0.3, -0.25) is 19.7 Å². The van der Waals surface area contributed by atoms with Crippen LogP contribution in [0, 0.1) is 0 Å². The summed E-state index contributed by atoms with van der Waals surface area (Å²) in [5, 5.41) is 11.6. The number of carbonyl (C=O) groups excluding carboxylic acids is 3. The quantitative estimate of drug-likeness (QED) is 0.710. The van der Waals surface area contributed by atoms with E-state index >= 15 is 0 Å². The van der Waals surface area contributed by atoms with Crippen LogP contribution in [-0.4, -0.2) is 60.1 Å². The van der Waals surface area contributed by atoms with Gasteiger partial charge in [0.25, 0.3) is 5.91 Å². The zero-order valence-corrected chi connectivity index (χ0v) is 13.8. The Morgan fingerprint density at radius 2 is 2.12 bits per heavy atom. The molecule has 3 amide bonds. The zero-order chi connectivity index (χ0) is 17.7. The Hall–Kier alpha value is -2.61. The van der Waals surface area contributed by atoms with Gasteiger partial charge in [0.15, 0.2) is 0 Å². The number of nitrogens with one attached hydrogen (secondary N) is 1. The summed E-state index contributed by atoms with van der Waals surface area (Å²) >= 11 is 0. The first-order valence-electron chi connectivity index (χ1n) is 8.28. The van der Waals surface area contributed by atoms with Crippen molar-refractivity contribution in [2.75, 3.05) is 25.1 Å². The molecule has 3 aliphatic rings. The first-order valence-corrected chi connectivity index (χ1v) is 8.28. The summed E-state index contributed by atoms with van der Waals surface area (Å²) in [6.45, 7) is 0.764. The van der Waals surface area contributed by atoms with Crippen LogP contribution in [0.3, 0.4) is 0 Å². The molecule has 0 spiro atoms. The number of hydrogen-bond donors (Lipinski definition) is 2. The molecule has 2 atom stereocenters. The lowest BCUT2D eigenvalue weighted by Crippen LogP contribution is -2.52. The SMILES string of the molecule is CN1C[C@H](CO)Oc2cc3c(cc21)C(=O)N([C@H]1CCC(=O)NC1=O)C3. The number of anilines is 1. The maximum Gasteiger partial charge on any atom is 0.255 e. The molecule has 2 N–H and O–H groups in total. The van der Waals surface area contributed by atoms with E-state index in [1.807, 2.05) is 18.0 Å². The third-order valence-corrected chi connectivity index (χ3v) is 4.99. The summed E-state index contributed by atoms with van der Waals surface area (Å²) in [5.74, 6) is -0.295. The molecule has 132 valence electrons. The average molecular weight is 345 g/mol. The highest BCUT2D eigenvalue weighted by atomic mass is 16.5.